The van der Waals surface area contributed by atoms with Crippen molar-refractivity contribution >= 4 is 11.7 Å². The summed E-state index contributed by atoms with van der Waals surface area (Å²) >= 11 is 0. The van der Waals surface area contributed by atoms with Crippen LogP contribution in [-0.4, -0.2) is 38.6 Å². The maximum Gasteiger partial charge on any atom is 0.252 e. The second kappa shape index (κ2) is 8.23. The first-order chi connectivity index (χ1) is 12.2. The molecule has 0 aliphatic heterocycles. The molecule has 2 heterocycles. The molecule has 25 heavy (non-hydrogen) atoms. The first kappa shape index (κ1) is 16.9. The van der Waals surface area contributed by atoms with Gasteiger partial charge in [-0.1, -0.05) is 17.7 Å². The van der Waals surface area contributed by atoms with Crippen molar-refractivity contribution in [1.29, 1.82) is 0 Å². The Kier molecular flexibility index (Phi) is 5.56. The van der Waals surface area contributed by atoms with Gasteiger partial charge >= 0.3 is 0 Å². The van der Waals surface area contributed by atoms with Gasteiger partial charge in [-0.05, 0) is 38.0 Å². The molecule has 7 heteroatoms. The quantitative estimate of drug-likeness (QED) is 0.634. The number of aromatic nitrogens is 4. The third kappa shape index (κ3) is 5.00. The van der Waals surface area contributed by atoms with Crippen LogP contribution in [0.5, 0.6) is 5.75 Å². The highest BCUT2D eigenvalue weighted by molar-refractivity contribution is 5.77. The molecule has 0 aliphatic carbocycles. The van der Waals surface area contributed by atoms with Crippen LogP contribution in [0.15, 0.2) is 42.7 Å². The molecule has 7 nitrogen and oxygen atoms in total. The van der Waals surface area contributed by atoms with Crippen LogP contribution >= 0.6 is 0 Å². The van der Waals surface area contributed by atoms with E-state index in [0.29, 0.717) is 24.8 Å². The Bertz CT molecular complexity index is 796. The molecule has 0 saturated heterocycles. The molecule has 2 aromatic heterocycles. The molecule has 0 bridgehead atoms. The zero-order chi connectivity index (χ0) is 17.5. The first-order valence-electron chi connectivity index (χ1n) is 8.33. The predicted octanol–water partition coefficient (Wildman–Crippen LogP) is 1.95. The van der Waals surface area contributed by atoms with E-state index in [1.165, 1.54) is 5.56 Å². The minimum absolute atomic E-state index is 0.0876. The Morgan fingerprint density at radius 2 is 2.08 bits per heavy atom. The molecule has 0 saturated carbocycles. The molecule has 1 amide bonds. The highest BCUT2D eigenvalue weighted by Crippen LogP contribution is 2.11. The highest BCUT2D eigenvalue weighted by atomic mass is 16.5. The number of aryl methyl sites for hydroxylation is 1. The van der Waals surface area contributed by atoms with Gasteiger partial charge in [0.05, 0.1) is 13.0 Å². The number of nitrogens with zero attached hydrogens (tertiary/aromatic N) is 4. The smallest absolute Gasteiger partial charge is 0.252 e. The van der Waals surface area contributed by atoms with Gasteiger partial charge in [-0.3, -0.25) is 4.79 Å². The summed E-state index contributed by atoms with van der Waals surface area (Å²) in [6, 6.07) is 9.75. The van der Waals surface area contributed by atoms with E-state index in [1.54, 1.807) is 23.0 Å². The van der Waals surface area contributed by atoms with Gasteiger partial charge in [0.1, 0.15) is 5.75 Å². The van der Waals surface area contributed by atoms with Crippen molar-refractivity contribution in [2.45, 2.75) is 26.2 Å². The molecule has 0 spiro atoms. The molecular weight excluding hydrogens is 318 g/mol. The van der Waals surface area contributed by atoms with Gasteiger partial charge < -0.3 is 10.1 Å². The van der Waals surface area contributed by atoms with Gasteiger partial charge in [0.2, 0.25) is 5.91 Å². The van der Waals surface area contributed by atoms with Crippen LogP contribution in [0.2, 0.25) is 0 Å². The average molecular weight is 339 g/mol. The fourth-order valence-corrected chi connectivity index (χ4v) is 2.34. The molecule has 0 fully saturated rings. The molecule has 1 N–H and O–H groups in total. The Morgan fingerprint density at radius 3 is 2.88 bits per heavy atom. The Labute approximate surface area is 146 Å². The van der Waals surface area contributed by atoms with E-state index in [9.17, 15) is 4.79 Å². The van der Waals surface area contributed by atoms with Crippen molar-refractivity contribution in [3.63, 3.8) is 0 Å². The van der Waals surface area contributed by atoms with Crippen molar-refractivity contribution in [3.8, 4) is 5.75 Å². The number of benzene rings is 1. The standard InChI is InChI=1S/C18H21N5O2/c1-14-5-7-15(8-6-14)25-12-3-2-9-19-17(24)13-16-21-18-20-10-4-11-23(18)22-16/h4-8,10-11H,2-3,9,12-13H2,1H3,(H,19,24). The number of nitrogens with one attached hydrogen (secondary N) is 1. The number of hydrogen-bond donors (Lipinski definition) is 1. The number of hydrogen-bond acceptors (Lipinski definition) is 5. The molecule has 0 radical (unpaired) electrons. The molecule has 3 aromatic rings. The monoisotopic (exact) mass is 339 g/mol. The molecule has 130 valence electrons. The number of carbonyl (C=O) groups excluding carboxylic acids is 1. The molecule has 0 aliphatic rings. The zero-order valence-corrected chi connectivity index (χ0v) is 14.2. The van der Waals surface area contributed by atoms with Crippen LogP contribution in [-0.2, 0) is 11.2 Å². The molecule has 0 atom stereocenters. The van der Waals surface area contributed by atoms with Crippen LogP contribution in [0, 0.1) is 6.92 Å². The summed E-state index contributed by atoms with van der Waals surface area (Å²) in [7, 11) is 0. The number of carbonyl (C=O) groups is 1. The lowest BCUT2D eigenvalue weighted by molar-refractivity contribution is -0.120. The third-order valence-electron chi connectivity index (χ3n) is 3.66. The van der Waals surface area contributed by atoms with E-state index >= 15 is 0 Å². The third-order valence-corrected chi connectivity index (χ3v) is 3.66. The SMILES string of the molecule is Cc1ccc(OCCCCNC(=O)Cc2nc3ncccn3n2)cc1. The topological polar surface area (TPSA) is 81.4 Å². The minimum Gasteiger partial charge on any atom is -0.494 e. The van der Waals surface area contributed by atoms with Crippen LogP contribution in [0.3, 0.4) is 0 Å². The maximum absolute atomic E-state index is 11.9. The van der Waals surface area contributed by atoms with Crippen molar-refractivity contribution in [2.24, 2.45) is 0 Å². The van der Waals surface area contributed by atoms with Gasteiger partial charge in [-0.15, -0.1) is 5.10 Å². The Balaban J connectivity index is 1.32. The van der Waals surface area contributed by atoms with Gasteiger partial charge in [0, 0.05) is 18.9 Å². The average Bonchev–Trinajstić information content (AvgIpc) is 3.01. The molecular formula is C18H21N5O2. The maximum atomic E-state index is 11.9. The van der Waals surface area contributed by atoms with E-state index in [-0.39, 0.29) is 12.3 Å². The summed E-state index contributed by atoms with van der Waals surface area (Å²) < 4.78 is 7.22. The highest BCUT2D eigenvalue weighted by Gasteiger charge is 2.09. The van der Waals surface area contributed by atoms with Crippen molar-refractivity contribution in [3.05, 3.63) is 54.1 Å². The van der Waals surface area contributed by atoms with Crippen LogP contribution in [0.1, 0.15) is 24.2 Å². The largest absolute Gasteiger partial charge is 0.494 e. The van der Waals surface area contributed by atoms with Gasteiger partial charge in [-0.2, -0.15) is 4.98 Å². The summed E-state index contributed by atoms with van der Waals surface area (Å²) in [5.41, 5.74) is 1.21. The van der Waals surface area contributed by atoms with Gasteiger partial charge in [0.15, 0.2) is 5.82 Å². The number of unbranched alkanes of at least 4 members (excludes halogenated alkanes) is 1. The van der Waals surface area contributed by atoms with E-state index in [2.05, 4.69) is 20.4 Å². The van der Waals surface area contributed by atoms with E-state index in [0.717, 1.165) is 18.6 Å². The van der Waals surface area contributed by atoms with Gasteiger partial charge in [0.25, 0.3) is 5.78 Å². The van der Waals surface area contributed by atoms with E-state index < -0.39 is 0 Å². The van der Waals surface area contributed by atoms with Crippen molar-refractivity contribution in [2.75, 3.05) is 13.2 Å². The summed E-state index contributed by atoms with van der Waals surface area (Å²) in [5, 5.41) is 7.09. The second-order valence-corrected chi connectivity index (χ2v) is 5.79. The fraction of sp³-hybridized carbons (Fsp3) is 0.333. The van der Waals surface area contributed by atoms with Crippen LogP contribution in [0.4, 0.5) is 0 Å². The second-order valence-electron chi connectivity index (χ2n) is 5.79. The molecule has 3 rings (SSSR count). The van der Waals surface area contributed by atoms with Gasteiger partial charge in [-0.25, -0.2) is 9.50 Å². The number of fused-ring (bicyclic) bond motifs is 1. The van der Waals surface area contributed by atoms with Crippen molar-refractivity contribution < 1.29 is 9.53 Å². The lowest BCUT2D eigenvalue weighted by Crippen LogP contribution is -2.26. The lowest BCUT2D eigenvalue weighted by atomic mass is 10.2. The Hall–Kier alpha value is -2.96. The number of ether oxygens (including phenoxy) is 1. The molecule has 1 aromatic carbocycles. The number of rotatable bonds is 8. The summed E-state index contributed by atoms with van der Waals surface area (Å²) in [4.78, 5) is 20.2. The molecule has 0 unspecified atom stereocenters. The summed E-state index contributed by atoms with van der Waals surface area (Å²) in [5.74, 6) is 1.76. The van der Waals surface area contributed by atoms with Crippen molar-refractivity contribution in [1.82, 2.24) is 24.9 Å². The predicted molar refractivity (Wildman–Crippen MR) is 93.4 cm³/mol. The fourth-order valence-electron chi connectivity index (χ4n) is 2.34. The van der Waals surface area contributed by atoms with E-state index in [4.69, 9.17) is 4.74 Å². The normalized spacial score (nSPS) is 10.8. The zero-order valence-electron chi connectivity index (χ0n) is 14.2. The first-order valence-corrected chi connectivity index (χ1v) is 8.33. The lowest BCUT2D eigenvalue weighted by Gasteiger charge is -2.07. The van der Waals surface area contributed by atoms with Crippen LogP contribution in [0.25, 0.3) is 5.78 Å². The number of amides is 1. The van der Waals surface area contributed by atoms with E-state index in [1.807, 2.05) is 31.2 Å². The minimum atomic E-state index is -0.0876. The summed E-state index contributed by atoms with van der Waals surface area (Å²) in [6.45, 7) is 3.30. The Morgan fingerprint density at radius 1 is 1.24 bits per heavy atom. The van der Waals surface area contributed by atoms with Crippen LogP contribution < -0.4 is 10.1 Å². The summed E-state index contributed by atoms with van der Waals surface area (Å²) in [6.07, 6.45) is 5.29.